The smallest absolute Gasteiger partial charge is 0.303 e. The van der Waals surface area contributed by atoms with E-state index >= 15 is 0 Å². The van der Waals surface area contributed by atoms with Crippen molar-refractivity contribution < 1.29 is 14.7 Å². The van der Waals surface area contributed by atoms with Crippen molar-refractivity contribution in [1.82, 2.24) is 5.06 Å². The van der Waals surface area contributed by atoms with Gasteiger partial charge in [-0.15, -0.1) is 0 Å². The number of hydroxylamine groups is 2. The summed E-state index contributed by atoms with van der Waals surface area (Å²) in [6.45, 7) is 12.8. The van der Waals surface area contributed by atoms with Crippen LogP contribution in [0.5, 0.6) is 0 Å². The second-order valence-electron chi connectivity index (χ2n) is 14.7. The molecule has 0 aromatic rings. The normalized spacial score (nSPS) is 17.3. The van der Waals surface area contributed by atoms with Crippen molar-refractivity contribution in [3.63, 3.8) is 0 Å². The molecule has 0 spiro atoms. The summed E-state index contributed by atoms with van der Waals surface area (Å²) in [5.41, 5.74) is 0.248. The summed E-state index contributed by atoms with van der Waals surface area (Å²) in [7, 11) is 0. The summed E-state index contributed by atoms with van der Waals surface area (Å²) in [5, 5.41) is 11.0. The molecule has 4 heteroatoms. The molecule has 0 atom stereocenters. The number of nitrogens with zero attached hydrogens (tertiary/aromatic N) is 1. The number of carbonyl (C=O) groups is 1. The van der Waals surface area contributed by atoms with Gasteiger partial charge in [-0.1, -0.05) is 148 Å². The highest BCUT2D eigenvalue weighted by molar-refractivity contribution is 5.66. The van der Waals surface area contributed by atoms with E-state index in [0.717, 1.165) is 25.4 Å². The second kappa shape index (κ2) is 23.8. The lowest BCUT2D eigenvalue weighted by molar-refractivity contribution is -0.288. The molecule has 0 aromatic heterocycles. The Kier molecular flexibility index (Phi) is 22.3. The topological polar surface area (TPSA) is 49.8 Å². The number of carboxylic acid groups (broad SMARTS) is 1. The molecular weight excluding hydrogens is 506 g/mol. The lowest BCUT2D eigenvalue weighted by Gasteiger charge is -2.54. The highest BCUT2D eigenvalue weighted by Crippen LogP contribution is 2.43. The van der Waals surface area contributed by atoms with Crippen molar-refractivity contribution in [2.45, 2.75) is 219 Å². The fourth-order valence-electron chi connectivity index (χ4n) is 7.42. The largest absolute Gasteiger partial charge is 0.481 e. The van der Waals surface area contributed by atoms with E-state index in [1.165, 1.54) is 154 Å². The van der Waals surface area contributed by atoms with E-state index in [1.54, 1.807) is 0 Å². The van der Waals surface area contributed by atoms with Crippen LogP contribution >= 0.6 is 0 Å². The highest BCUT2D eigenvalue weighted by Gasteiger charge is 2.46. The van der Waals surface area contributed by atoms with Crippen LogP contribution in [0.15, 0.2) is 0 Å². The van der Waals surface area contributed by atoms with Gasteiger partial charge in [0.25, 0.3) is 0 Å². The van der Waals surface area contributed by atoms with Gasteiger partial charge < -0.3 is 5.11 Å². The SMILES string of the molecule is CCCCCCCCON1C(C)(C)CC(CCCCCCCCCCCCCCCCCCCC(=O)O)CC1(C)C. The van der Waals surface area contributed by atoms with E-state index in [1.807, 2.05) is 0 Å². The molecule has 1 rings (SSSR count). The lowest BCUT2D eigenvalue weighted by atomic mass is 9.73. The van der Waals surface area contributed by atoms with Crippen LogP contribution in [0.25, 0.3) is 0 Å². The third-order valence-electron chi connectivity index (χ3n) is 9.40. The van der Waals surface area contributed by atoms with Gasteiger partial charge >= 0.3 is 5.97 Å². The molecule has 4 nitrogen and oxygen atoms in total. The Morgan fingerprint density at radius 2 is 0.976 bits per heavy atom. The molecule has 41 heavy (non-hydrogen) atoms. The molecule has 0 aliphatic carbocycles. The average Bonchev–Trinajstić information content (AvgIpc) is 2.90. The van der Waals surface area contributed by atoms with E-state index in [2.05, 4.69) is 39.7 Å². The molecule has 1 heterocycles. The Morgan fingerprint density at radius 1 is 0.610 bits per heavy atom. The summed E-state index contributed by atoms with van der Waals surface area (Å²) < 4.78 is 0. The van der Waals surface area contributed by atoms with Crippen LogP contribution in [0.3, 0.4) is 0 Å². The number of aliphatic carboxylic acids is 1. The van der Waals surface area contributed by atoms with E-state index in [4.69, 9.17) is 9.94 Å². The van der Waals surface area contributed by atoms with Gasteiger partial charge in [0.1, 0.15) is 0 Å². The maximum absolute atomic E-state index is 10.5. The number of rotatable bonds is 28. The number of unbranched alkanes of at least 4 members (excludes halogenated alkanes) is 21. The standard InChI is InChI=1S/C37H73NO3/c1-6-7-8-9-25-28-31-41-38-36(2,3)32-34(33-37(38,4)5)29-26-23-21-19-17-15-13-11-10-12-14-16-18-20-22-24-27-30-35(39)40/h34H,6-33H2,1-5H3,(H,39,40). The minimum Gasteiger partial charge on any atom is -0.481 e. The fourth-order valence-corrected chi connectivity index (χ4v) is 7.42. The third kappa shape index (κ3) is 20.1. The summed E-state index contributed by atoms with van der Waals surface area (Å²) in [6.07, 6.45) is 34.8. The first-order chi connectivity index (χ1) is 19.7. The van der Waals surface area contributed by atoms with Crippen molar-refractivity contribution in [3.8, 4) is 0 Å². The van der Waals surface area contributed by atoms with Crippen LogP contribution in [0.4, 0.5) is 0 Å². The Labute approximate surface area is 257 Å². The minimum absolute atomic E-state index is 0.124. The van der Waals surface area contributed by atoms with Gasteiger partial charge in [0.05, 0.1) is 6.61 Å². The molecule has 1 fully saturated rings. The van der Waals surface area contributed by atoms with E-state index < -0.39 is 5.97 Å². The molecule has 1 N–H and O–H groups in total. The van der Waals surface area contributed by atoms with Crippen LogP contribution in [0.1, 0.15) is 208 Å². The molecule has 0 saturated carbocycles. The van der Waals surface area contributed by atoms with Crippen LogP contribution in [-0.4, -0.2) is 33.8 Å². The van der Waals surface area contributed by atoms with Gasteiger partial charge in [0.2, 0.25) is 0 Å². The predicted molar refractivity (Wildman–Crippen MR) is 177 cm³/mol. The van der Waals surface area contributed by atoms with Gasteiger partial charge in [-0.2, -0.15) is 5.06 Å². The molecule has 1 aliphatic rings. The first-order valence-corrected chi connectivity index (χ1v) is 18.3. The monoisotopic (exact) mass is 580 g/mol. The Hall–Kier alpha value is -0.610. The molecular formula is C37H73NO3. The zero-order chi connectivity index (χ0) is 30.2. The maximum Gasteiger partial charge on any atom is 0.303 e. The van der Waals surface area contributed by atoms with Crippen molar-refractivity contribution in [3.05, 3.63) is 0 Å². The summed E-state index contributed by atoms with van der Waals surface area (Å²) >= 11 is 0. The fraction of sp³-hybridized carbons (Fsp3) is 0.973. The zero-order valence-electron chi connectivity index (χ0n) is 28.6. The molecule has 0 aromatic carbocycles. The van der Waals surface area contributed by atoms with Gasteiger partial charge in [0, 0.05) is 17.5 Å². The summed E-state index contributed by atoms with van der Waals surface area (Å²) in [6, 6.07) is 0. The van der Waals surface area contributed by atoms with E-state index in [0.29, 0.717) is 6.42 Å². The minimum atomic E-state index is -0.652. The first-order valence-electron chi connectivity index (χ1n) is 18.3. The van der Waals surface area contributed by atoms with Crippen molar-refractivity contribution in [1.29, 1.82) is 0 Å². The van der Waals surface area contributed by atoms with Crippen molar-refractivity contribution >= 4 is 5.97 Å². The second-order valence-corrected chi connectivity index (χ2v) is 14.7. The van der Waals surface area contributed by atoms with Gasteiger partial charge in [-0.05, 0) is 59.3 Å². The quantitative estimate of drug-likeness (QED) is 0.0936. The number of hydrogen-bond acceptors (Lipinski definition) is 3. The predicted octanol–water partition coefficient (Wildman–Crippen LogP) is 12.0. The molecule has 0 amide bonds. The Bertz CT molecular complexity index is 599. The number of hydrogen-bond donors (Lipinski definition) is 1. The number of piperidine rings is 1. The van der Waals surface area contributed by atoms with Gasteiger partial charge in [-0.25, -0.2) is 0 Å². The first kappa shape index (κ1) is 38.4. The summed E-state index contributed by atoms with van der Waals surface area (Å²) in [5.74, 6) is 0.179. The highest BCUT2D eigenvalue weighted by atomic mass is 16.7. The van der Waals surface area contributed by atoms with Crippen molar-refractivity contribution in [2.75, 3.05) is 6.61 Å². The van der Waals surface area contributed by atoms with Crippen LogP contribution in [0, 0.1) is 5.92 Å². The third-order valence-corrected chi connectivity index (χ3v) is 9.40. The molecule has 244 valence electrons. The van der Waals surface area contributed by atoms with Crippen LogP contribution in [-0.2, 0) is 9.63 Å². The van der Waals surface area contributed by atoms with Crippen molar-refractivity contribution in [2.24, 2.45) is 5.92 Å². The maximum atomic E-state index is 10.5. The molecule has 1 saturated heterocycles. The van der Waals surface area contributed by atoms with Gasteiger partial charge in [-0.3, -0.25) is 9.63 Å². The van der Waals surface area contributed by atoms with E-state index in [-0.39, 0.29) is 11.1 Å². The Morgan fingerprint density at radius 3 is 1.39 bits per heavy atom. The lowest BCUT2D eigenvalue weighted by Crippen LogP contribution is -2.60. The molecule has 0 radical (unpaired) electrons. The number of carboxylic acids is 1. The molecule has 0 unspecified atom stereocenters. The molecule has 1 aliphatic heterocycles. The summed E-state index contributed by atoms with van der Waals surface area (Å²) in [4.78, 5) is 16.9. The Balaban J connectivity index is 1.97. The average molecular weight is 580 g/mol. The molecule has 0 bridgehead atoms. The van der Waals surface area contributed by atoms with E-state index in [9.17, 15) is 4.79 Å². The zero-order valence-corrected chi connectivity index (χ0v) is 28.6. The van der Waals surface area contributed by atoms with Crippen LogP contribution < -0.4 is 0 Å². The van der Waals surface area contributed by atoms with Crippen LogP contribution in [0.2, 0.25) is 0 Å². The van der Waals surface area contributed by atoms with Gasteiger partial charge in [0.15, 0.2) is 0 Å².